The van der Waals surface area contributed by atoms with E-state index in [9.17, 15) is 0 Å². The third-order valence-electron chi connectivity index (χ3n) is 2.32. The number of hydrogen-bond acceptors (Lipinski definition) is 2. The molecule has 1 rings (SSSR count). The number of benzene rings is 1. The van der Waals surface area contributed by atoms with Gasteiger partial charge < -0.3 is 10.1 Å². The molecule has 2 heteroatoms. The fraction of sp³-hybridized carbons (Fsp3) is 0.571. The lowest BCUT2D eigenvalue weighted by molar-refractivity contribution is 0.254. The van der Waals surface area contributed by atoms with Crippen LogP contribution in [0.3, 0.4) is 0 Å². The molecular formula is C14H23NO. The second kappa shape index (κ2) is 7.29. The molecule has 0 aliphatic heterocycles. The number of rotatable bonds is 7. The van der Waals surface area contributed by atoms with Gasteiger partial charge in [0.1, 0.15) is 5.75 Å². The average Bonchev–Trinajstić information content (AvgIpc) is 2.27. The quantitative estimate of drug-likeness (QED) is 0.764. The highest BCUT2D eigenvalue weighted by Crippen LogP contribution is 2.09. The minimum atomic E-state index is 0.541. The third-order valence-corrected chi connectivity index (χ3v) is 2.32. The summed E-state index contributed by atoms with van der Waals surface area (Å²) >= 11 is 0. The van der Waals surface area contributed by atoms with Crippen molar-refractivity contribution in [1.82, 2.24) is 5.32 Å². The van der Waals surface area contributed by atoms with Crippen LogP contribution in [-0.2, 0) is 0 Å². The molecule has 0 aliphatic rings. The predicted molar refractivity (Wildman–Crippen MR) is 68.8 cm³/mol. The van der Waals surface area contributed by atoms with Crippen molar-refractivity contribution in [1.29, 1.82) is 0 Å². The zero-order valence-electron chi connectivity index (χ0n) is 10.6. The predicted octanol–water partition coefficient (Wildman–Crippen LogP) is 2.95. The first-order valence-electron chi connectivity index (χ1n) is 6.07. The minimum absolute atomic E-state index is 0.541. The molecule has 0 radical (unpaired) electrons. The fourth-order valence-electron chi connectivity index (χ4n) is 1.43. The van der Waals surface area contributed by atoms with Crippen molar-refractivity contribution in [2.45, 2.75) is 20.8 Å². The Morgan fingerprint density at radius 1 is 1.06 bits per heavy atom. The summed E-state index contributed by atoms with van der Waals surface area (Å²) in [5.41, 5.74) is 0. The molecule has 1 unspecified atom stereocenters. The Bertz CT molecular complexity index is 271. The van der Waals surface area contributed by atoms with Gasteiger partial charge in [-0.15, -0.1) is 0 Å². The van der Waals surface area contributed by atoms with Gasteiger partial charge in [-0.25, -0.2) is 0 Å². The van der Waals surface area contributed by atoms with Crippen molar-refractivity contribution in [3.8, 4) is 5.75 Å². The lowest BCUT2D eigenvalue weighted by Gasteiger charge is -2.14. The molecule has 0 saturated heterocycles. The number of para-hydroxylation sites is 1. The first-order chi connectivity index (χ1) is 7.68. The summed E-state index contributed by atoms with van der Waals surface area (Å²) in [5, 5.41) is 3.44. The smallest absolute Gasteiger partial charge is 0.119 e. The molecule has 0 fully saturated rings. The van der Waals surface area contributed by atoms with Crippen molar-refractivity contribution in [3.05, 3.63) is 30.3 Å². The van der Waals surface area contributed by atoms with Gasteiger partial charge >= 0.3 is 0 Å². The van der Waals surface area contributed by atoms with E-state index in [-0.39, 0.29) is 0 Å². The SMILES string of the molecule is CC(C)CNCC(C)COc1ccccc1. The van der Waals surface area contributed by atoms with Gasteiger partial charge in [0.25, 0.3) is 0 Å². The van der Waals surface area contributed by atoms with E-state index in [1.165, 1.54) is 0 Å². The number of ether oxygens (including phenoxy) is 1. The number of hydrogen-bond donors (Lipinski definition) is 1. The van der Waals surface area contributed by atoms with E-state index in [0.29, 0.717) is 11.8 Å². The van der Waals surface area contributed by atoms with Crippen LogP contribution in [0.15, 0.2) is 30.3 Å². The highest BCUT2D eigenvalue weighted by molar-refractivity contribution is 5.20. The van der Waals surface area contributed by atoms with Gasteiger partial charge in [-0.05, 0) is 24.6 Å². The molecule has 16 heavy (non-hydrogen) atoms. The van der Waals surface area contributed by atoms with Crippen LogP contribution in [0, 0.1) is 11.8 Å². The van der Waals surface area contributed by atoms with Crippen LogP contribution in [-0.4, -0.2) is 19.7 Å². The van der Waals surface area contributed by atoms with E-state index in [1.54, 1.807) is 0 Å². The van der Waals surface area contributed by atoms with Crippen LogP contribution in [0.1, 0.15) is 20.8 Å². The summed E-state index contributed by atoms with van der Waals surface area (Å²) in [6, 6.07) is 9.98. The molecule has 0 aromatic heterocycles. The van der Waals surface area contributed by atoms with Gasteiger partial charge in [0.2, 0.25) is 0 Å². The Hall–Kier alpha value is -1.02. The Kier molecular flexibility index (Phi) is 5.94. The average molecular weight is 221 g/mol. The van der Waals surface area contributed by atoms with E-state index in [0.717, 1.165) is 25.4 Å². The molecule has 0 saturated carbocycles. The lowest BCUT2D eigenvalue weighted by atomic mass is 10.2. The number of nitrogens with one attached hydrogen (secondary N) is 1. The summed E-state index contributed by atoms with van der Waals surface area (Å²) < 4.78 is 5.69. The molecule has 1 aromatic rings. The van der Waals surface area contributed by atoms with Crippen LogP contribution in [0.2, 0.25) is 0 Å². The molecule has 0 aliphatic carbocycles. The van der Waals surface area contributed by atoms with Crippen molar-refractivity contribution in [2.24, 2.45) is 11.8 Å². The summed E-state index contributed by atoms with van der Waals surface area (Å²) in [7, 11) is 0. The molecule has 0 bridgehead atoms. The van der Waals surface area contributed by atoms with Gasteiger partial charge in [0.15, 0.2) is 0 Å². The zero-order chi connectivity index (χ0) is 11.8. The first-order valence-corrected chi connectivity index (χ1v) is 6.07. The van der Waals surface area contributed by atoms with E-state index >= 15 is 0 Å². The van der Waals surface area contributed by atoms with Crippen molar-refractivity contribution < 1.29 is 4.74 Å². The summed E-state index contributed by atoms with van der Waals surface area (Å²) in [6.45, 7) is 9.52. The van der Waals surface area contributed by atoms with Crippen LogP contribution in [0.25, 0.3) is 0 Å². The first kappa shape index (κ1) is 13.0. The van der Waals surface area contributed by atoms with Gasteiger partial charge in [-0.2, -0.15) is 0 Å². The highest BCUT2D eigenvalue weighted by atomic mass is 16.5. The molecule has 0 amide bonds. The van der Waals surface area contributed by atoms with Crippen molar-refractivity contribution in [2.75, 3.05) is 19.7 Å². The molecule has 1 aromatic carbocycles. The normalized spacial score (nSPS) is 12.8. The molecule has 90 valence electrons. The largest absolute Gasteiger partial charge is 0.493 e. The van der Waals surface area contributed by atoms with E-state index in [1.807, 2.05) is 30.3 Å². The summed E-state index contributed by atoms with van der Waals surface area (Å²) in [5.74, 6) is 2.21. The summed E-state index contributed by atoms with van der Waals surface area (Å²) in [6.07, 6.45) is 0. The van der Waals surface area contributed by atoms with E-state index in [2.05, 4.69) is 26.1 Å². The lowest BCUT2D eigenvalue weighted by Crippen LogP contribution is -2.28. The maximum Gasteiger partial charge on any atom is 0.119 e. The van der Waals surface area contributed by atoms with Crippen LogP contribution < -0.4 is 10.1 Å². The second-order valence-electron chi connectivity index (χ2n) is 4.78. The van der Waals surface area contributed by atoms with Gasteiger partial charge in [0.05, 0.1) is 6.61 Å². The van der Waals surface area contributed by atoms with Crippen molar-refractivity contribution in [3.63, 3.8) is 0 Å². The fourth-order valence-corrected chi connectivity index (χ4v) is 1.43. The molecule has 0 heterocycles. The molecular weight excluding hydrogens is 198 g/mol. The second-order valence-corrected chi connectivity index (χ2v) is 4.78. The molecule has 2 nitrogen and oxygen atoms in total. The topological polar surface area (TPSA) is 21.3 Å². The summed E-state index contributed by atoms with van der Waals surface area (Å²) in [4.78, 5) is 0. The minimum Gasteiger partial charge on any atom is -0.493 e. The van der Waals surface area contributed by atoms with Crippen LogP contribution in [0.5, 0.6) is 5.75 Å². The molecule has 0 spiro atoms. The zero-order valence-corrected chi connectivity index (χ0v) is 10.6. The molecule has 1 atom stereocenters. The monoisotopic (exact) mass is 221 g/mol. The van der Waals surface area contributed by atoms with Gasteiger partial charge in [0, 0.05) is 12.5 Å². The molecule has 1 N–H and O–H groups in total. The third kappa shape index (κ3) is 5.76. The Balaban J connectivity index is 2.13. The van der Waals surface area contributed by atoms with E-state index < -0.39 is 0 Å². The van der Waals surface area contributed by atoms with Crippen LogP contribution in [0.4, 0.5) is 0 Å². The Labute approximate surface area is 99.0 Å². The van der Waals surface area contributed by atoms with Crippen molar-refractivity contribution >= 4 is 0 Å². The standard InChI is InChI=1S/C14H23NO/c1-12(2)9-15-10-13(3)11-16-14-7-5-4-6-8-14/h4-8,12-13,15H,9-11H2,1-3H3. The maximum absolute atomic E-state index is 5.69. The maximum atomic E-state index is 5.69. The van der Waals surface area contributed by atoms with E-state index in [4.69, 9.17) is 4.74 Å². The highest BCUT2D eigenvalue weighted by Gasteiger charge is 2.03. The van der Waals surface area contributed by atoms with Crippen LogP contribution >= 0.6 is 0 Å². The Morgan fingerprint density at radius 2 is 1.75 bits per heavy atom. The van der Waals surface area contributed by atoms with Gasteiger partial charge in [-0.1, -0.05) is 39.0 Å². The van der Waals surface area contributed by atoms with Gasteiger partial charge in [-0.3, -0.25) is 0 Å². The Morgan fingerprint density at radius 3 is 2.38 bits per heavy atom.